The van der Waals surface area contributed by atoms with E-state index in [4.69, 9.17) is 22.1 Å². The Hall–Kier alpha value is -1.65. The van der Waals surface area contributed by atoms with Crippen LogP contribution in [-0.4, -0.2) is 67.0 Å². The predicted octanol–water partition coefficient (Wildman–Crippen LogP) is -0.0848. The number of imidazole rings is 1. The predicted molar refractivity (Wildman–Crippen MR) is 97.1 cm³/mol. The van der Waals surface area contributed by atoms with Crippen LogP contribution in [0.1, 0.15) is 31.2 Å². The highest BCUT2D eigenvalue weighted by Gasteiger charge is 2.44. The molecule has 0 aromatic carbocycles. The van der Waals surface area contributed by atoms with Gasteiger partial charge in [-0.3, -0.25) is 9.56 Å². The molecule has 1 aromatic rings. The molecule has 2 heterocycles. The van der Waals surface area contributed by atoms with Crippen molar-refractivity contribution in [3.63, 3.8) is 0 Å². The highest BCUT2D eigenvalue weighted by Crippen LogP contribution is 2.33. The first-order valence-corrected chi connectivity index (χ1v) is 9.05. The Bertz CT molecular complexity index is 682. The number of rotatable bonds is 6. The molecule has 0 bridgehead atoms. The van der Waals surface area contributed by atoms with E-state index in [2.05, 4.69) is 21.9 Å². The number of halogens is 1. The molecule has 0 radical (unpaired) electrons. The Morgan fingerprint density at radius 3 is 2.81 bits per heavy atom. The van der Waals surface area contributed by atoms with Crippen LogP contribution < -0.4 is 11.1 Å². The average Bonchev–Trinajstić information content (AvgIpc) is 3.29. The molecule has 2 fully saturated rings. The summed E-state index contributed by atoms with van der Waals surface area (Å²) in [6, 6.07) is -0.257. The fraction of sp³-hybridized carbons (Fsp3) is 0.625. The molecular formula is C16H24ClN5O4. The maximum atomic E-state index is 10.3. The normalized spacial score (nSPS) is 35.0. The summed E-state index contributed by atoms with van der Waals surface area (Å²) in [6.45, 7) is 3.64. The molecular weight excluding hydrogens is 362 g/mol. The van der Waals surface area contributed by atoms with Gasteiger partial charge in [0.1, 0.15) is 35.7 Å². The van der Waals surface area contributed by atoms with Crippen LogP contribution in [0.5, 0.6) is 0 Å². The maximum absolute atomic E-state index is 10.3. The molecule has 26 heavy (non-hydrogen) atoms. The first-order chi connectivity index (χ1) is 12.5. The molecule has 0 spiro atoms. The molecule has 9 nitrogen and oxygen atoms in total. The van der Waals surface area contributed by atoms with E-state index in [-0.39, 0.29) is 17.8 Å². The minimum absolute atomic E-state index is 0.0453. The monoisotopic (exact) mass is 385 g/mol. The van der Waals surface area contributed by atoms with E-state index in [0.29, 0.717) is 17.9 Å². The van der Waals surface area contributed by atoms with Crippen molar-refractivity contribution in [1.82, 2.24) is 9.55 Å². The number of aliphatic hydroxyl groups is 3. The molecule has 1 saturated heterocycles. The number of amidine groups is 1. The van der Waals surface area contributed by atoms with Crippen LogP contribution in [0, 0.1) is 0 Å². The Kier molecular flexibility index (Phi) is 5.83. The van der Waals surface area contributed by atoms with E-state index in [9.17, 15) is 15.3 Å². The van der Waals surface area contributed by atoms with E-state index >= 15 is 0 Å². The Morgan fingerprint density at radius 1 is 1.46 bits per heavy atom. The molecule has 1 aromatic heterocycles. The fourth-order valence-corrected chi connectivity index (χ4v) is 3.63. The van der Waals surface area contributed by atoms with Crippen molar-refractivity contribution in [2.75, 3.05) is 11.2 Å². The van der Waals surface area contributed by atoms with Crippen molar-refractivity contribution in [2.45, 2.75) is 55.9 Å². The lowest BCUT2D eigenvalue weighted by Crippen LogP contribution is -2.32. The second kappa shape index (κ2) is 7.93. The van der Waals surface area contributed by atoms with Gasteiger partial charge >= 0.3 is 0 Å². The molecule has 6 atom stereocenters. The van der Waals surface area contributed by atoms with Gasteiger partial charge in [0, 0.05) is 0 Å². The number of aliphatic hydroxyl groups excluding tert-OH is 3. The fourth-order valence-electron chi connectivity index (χ4n) is 3.38. The molecule has 6 N–H and O–H groups in total. The quantitative estimate of drug-likeness (QED) is 0.262. The summed E-state index contributed by atoms with van der Waals surface area (Å²) in [5, 5.41) is 33.2. The van der Waals surface area contributed by atoms with Crippen molar-refractivity contribution < 1.29 is 20.1 Å². The van der Waals surface area contributed by atoms with Gasteiger partial charge in [-0.25, -0.2) is 4.98 Å². The van der Waals surface area contributed by atoms with E-state index < -0.39 is 30.6 Å². The number of alkyl halides is 1. The third-order valence-corrected chi connectivity index (χ3v) is 5.09. The van der Waals surface area contributed by atoms with Crippen LogP contribution in [0.3, 0.4) is 0 Å². The Labute approximate surface area is 156 Å². The number of nitrogens with one attached hydrogen (secondary N) is 1. The van der Waals surface area contributed by atoms with Gasteiger partial charge in [-0.2, -0.15) is 0 Å². The van der Waals surface area contributed by atoms with Crippen LogP contribution in [0.2, 0.25) is 0 Å². The lowest BCUT2D eigenvalue weighted by atomic mass is 10.1. The van der Waals surface area contributed by atoms with Gasteiger partial charge in [-0.1, -0.05) is 6.58 Å². The smallest absolute Gasteiger partial charge is 0.165 e. The van der Waals surface area contributed by atoms with Crippen molar-refractivity contribution in [2.24, 2.45) is 10.7 Å². The van der Waals surface area contributed by atoms with E-state index in [0.717, 1.165) is 12.8 Å². The van der Waals surface area contributed by atoms with Gasteiger partial charge in [-0.15, -0.1) is 11.6 Å². The number of aromatic nitrogens is 2. The molecule has 1 aliphatic carbocycles. The number of anilines is 1. The summed E-state index contributed by atoms with van der Waals surface area (Å²) in [4.78, 5) is 8.66. The number of hydrogen-bond donors (Lipinski definition) is 5. The first-order valence-electron chi connectivity index (χ1n) is 8.51. The van der Waals surface area contributed by atoms with Crippen LogP contribution in [0.4, 0.5) is 5.82 Å². The van der Waals surface area contributed by atoms with Crippen LogP contribution in [-0.2, 0) is 4.74 Å². The molecule has 3 rings (SSSR count). The van der Waals surface area contributed by atoms with E-state index in [1.807, 2.05) is 0 Å². The first kappa shape index (κ1) is 19.1. The summed E-state index contributed by atoms with van der Waals surface area (Å²) in [5.74, 6) is 0.630. The van der Waals surface area contributed by atoms with Gasteiger partial charge in [-0.05, 0) is 25.5 Å². The minimum atomic E-state index is -1.18. The third-order valence-electron chi connectivity index (χ3n) is 4.79. The summed E-state index contributed by atoms with van der Waals surface area (Å²) in [6.07, 6.45) is 0.855. The van der Waals surface area contributed by atoms with Crippen LogP contribution >= 0.6 is 11.6 Å². The van der Waals surface area contributed by atoms with Crippen LogP contribution in [0.25, 0.3) is 0 Å². The zero-order valence-electron chi connectivity index (χ0n) is 14.2. The number of aliphatic imine (C=N–C) groups is 1. The van der Waals surface area contributed by atoms with Crippen molar-refractivity contribution in [3.8, 4) is 0 Å². The third kappa shape index (κ3) is 3.45. The van der Waals surface area contributed by atoms with Gasteiger partial charge in [0.25, 0.3) is 0 Å². The van der Waals surface area contributed by atoms with Gasteiger partial charge in [0.15, 0.2) is 6.23 Å². The molecule has 1 aliphatic heterocycles. The summed E-state index contributed by atoms with van der Waals surface area (Å²) in [5.41, 5.74) is 6.46. The lowest BCUT2D eigenvalue weighted by molar-refractivity contribution is -0.0301. The van der Waals surface area contributed by atoms with E-state index in [1.54, 1.807) is 0 Å². The van der Waals surface area contributed by atoms with Crippen molar-refractivity contribution >= 4 is 23.3 Å². The lowest BCUT2D eigenvalue weighted by Gasteiger charge is -2.19. The Balaban J connectivity index is 1.91. The number of ether oxygens (including phenoxy) is 1. The number of nitrogens with two attached hydrogens (primary N) is 1. The Morgan fingerprint density at radius 2 is 2.23 bits per heavy atom. The molecule has 2 aliphatic rings. The van der Waals surface area contributed by atoms with Crippen molar-refractivity contribution in [1.29, 1.82) is 0 Å². The van der Waals surface area contributed by atoms with Gasteiger partial charge in [0.05, 0.1) is 24.4 Å². The minimum Gasteiger partial charge on any atom is -0.391 e. The van der Waals surface area contributed by atoms with Crippen LogP contribution in [0.15, 0.2) is 24.1 Å². The van der Waals surface area contributed by atoms with Crippen molar-refractivity contribution in [3.05, 3.63) is 24.8 Å². The maximum Gasteiger partial charge on any atom is 0.165 e. The molecule has 144 valence electrons. The molecule has 1 unspecified atom stereocenters. The highest BCUT2D eigenvalue weighted by molar-refractivity contribution is 6.18. The van der Waals surface area contributed by atoms with E-state index in [1.165, 1.54) is 17.1 Å². The second-order valence-electron chi connectivity index (χ2n) is 6.48. The molecule has 0 amide bonds. The number of nitrogens with zero attached hydrogens (tertiary/aromatic N) is 3. The largest absolute Gasteiger partial charge is 0.391 e. The topological polar surface area (TPSA) is 138 Å². The average molecular weight is 386 g/mol. The number of hydrogen-bond acceptors (Lipinski definition) is 7. The highest BCUT2D eigenvalue weighted by atomic mass is 35.5. The summed E-state index contributed by atoms with van der Waals surface area (Å²) >= 11 is 5.77. The van der Waals surface area contributed by atoms with Gasteiger partial charge < -0.3 is 31.1 Å². The molecule has 10 heteroatoms. The summed E-state index contributed by atoms with van der Waals surface area (Å²) in [7, 11) is 0. The SMILES string of the molecule is C=CNc1c(C(N)=NC2CCC[C@H]2O)ncn1[C@@H]1O[C@H](CCl)[C@@H](O)[C@H]1O. The zero-order valence-corrected chi connectivity index (χ0v) is 15.0. The zero-order chi connectivity index (χ0) is 18.8. The molecule has 1 saturated carbocycles. The standard InChI is InChI=1S/C16H24ClN5O4/c1-2-19-15-11(14(18)21-8-4-3-5-9(8)23)20-7-22(15)16-13(25)12(24)10(6-17)26-16/h2,7-10,12-13,16,19,23-25H,1,3-6H2,(H2,18,21)/t8?,9-,10-,12-,13-,16-/m1/s1. The van der Waals surface area contributed by atoms with Gasteiger partial charge in [0.2, 0.25) is 0 Å². The summed E-state index contributed by atoms with van der Waals surface area (Å²) < 4.78 is 7.17. The second-order valence-corrected chi connectivity index (χ2v) is 6.79.